The number of aliphatic imine (C=N–C) groups is 1. The van der Waals surface area contributed by atoms with E-state index in [1.807, 2.05) is 0 Å². The maximum absolute atomic E-state index is 14.2. The van der Waals surface area contributed by atoms with Gasteiger partial charge in [-0.1, -0.05) is 47.5 Å². The monoisotopic (exact) mass is 1040 g/mol. The second-order valence-electron chi connectivity index (χ2n) is 18.6. The Morgan fingerprint density at radius 1 is 0.750 bits per heavy atom. The van der Waals surface area contributed by atoms with Crippen molar-refractivity contribution < 1.29 is 57.3 Å². The summed E-state index contributed by atoms with van der Waals surface area (Å²) in [5.74, 6) is -7.59. The zero-order chi connectivity index (χ0) is 54.8. The number of nitrogens with two attached hydrogens (primary N) is 2. The molecule has 1 aliphatic heterocycles. The van der Waals surface area contributed by atoms with Crippen LogP contribution < -0.4 is 54.0 Å². The second kappa shape index (κ2) is 32.9. The fraction of sp³-hybridized carbons (Fsp3) is 0.761. The number of rotatable bonds is 32. The van der Waals surface area contributed by atoms with Crippen LogP contribution in [0.1, 0.15) is 113 Å². The van der Waals surface area contributed by atoms with E-state index in [2.05, 4.69) is 47.5 Å². The number of carbonyl (C=O) groups excluding carboxylic acids is 10. The predicted octanol–water partition coefficient (Wildman–Crippen LogP) is -3.29. The molecule has 72 heavy (non-hydrogen) atoms. The van der Waals surface area contributed by atoms with Gasteiger partial charge < -0.3 is 68.9 Å². The first-order chi connectivity index (χ1) is 33.8. The van der Waals surface area contributed by atoms with Crippen LogP contribution in [0.4, 0.5) is 0 Å². The number of guanidine groups is 1. The zero-order valence-electron chi connectivity index (χ0n) is 43.7. The standard InChI is InChI=1S/C46H83N13O12S/c1-11-16-30(40(65)56-37(27(6)12-2)43(68)54-32(17-14-20-50-46(47)48)45(70)59-21-15-18-34(59)42(67)49-13-3)53-44(69)38(28(7)60)57-41(66)33(23-26(4)5)55-39(64)31(19-22-72(10)71)52-35(62)24-51-36(63)25-58(9)29(8)61/h26-28,30-34,37-38,60H,11-25H2,1-10H3,(H,49,67)(H,51,63)(H,52,62)(H,53,69)(H,54,68)(H,55,64)(H,56,65)(H,57,66)(H4,47,48,50)/t27-,28+,30-,31-,32-,33+,34-,37-,38-,72?/m0/s1. The van der Waals surface area contributed by atoms with Crippen LogP contribution in [0.15, 0.2) is 4.99 Å². The molecule has 0 aliphatic carbocycles. The Morgan fingerprint density at radius 3 is 1.88 bits per heavy atom. The molecule has 0 aromatic carbocycles. The van der Waals surface area contributed by atoms with Crippen molar-refractivity contribution in [3.8, 4) is 0 Å². The van der Waals surface area contributed by atoms with Crippen LogP contribution in [-0.2, 0) is 58.7 Å². The van der Waals surface area contributed by atoms with Crippen LogP contribution in [0, 0.1) is 11.8 Å². The third-order valence-electron chi connectivity index (χ3n) is 11.9. The molecule has 0 aromatic heterocycles. The van der Waals surface area contributed by atoms with Crippen LogP contribution in [0.5, 0.6) is 0 Å². The van der Waals surface area contributed by atoms with Gasteiger partial charge in [-0.05, 0) is 70.6 Å². The molecule has 10 atom stereocenters. The SMILES string of the molecule is CCC[C@H](NC(=O)[C@@H](NC(=O)[C@@H](CC(C)C)NC(=O)[C@H](CCS(C)=O)NC(=O)CNC(=O)CN(C)C(C)=O)[C@@H](C)O)C(=O)N[C@H](C(=O)N[C@@H](CCCN=C(N)N)C(=O)N1CCC[C@H]1C(=O)NCC)[C@@H](C)CC. The van der Waals surface area contributed by atoms with Gasteiger partial charge in [-0.2, -0.15) is 0 Å². The maximum Gasteiger partial charge on any atom is 0.245 e. The Balaban J connectivity index is 3.34. The molecule has 1 fully saturated rings. The van der Waals surface area contributed by atoms with Crippen LogP contribution >= 0.6 is 0 Å². The van der Waals surface area contributed by atoms with Crippen LogP contribution in [0.3, 0.4) is 0 Å². The molecule has 1 saturated heterocycles. The number of carbonyl (C=O) groups is 10. The summed E-state index contributed by atoms with van der Waals surface area (Å²) in [6.07, 6.45) is 2.04. The second-order valence-corrected chi connectivity index (χ2v) is 20.1. The molecular weight excluding hydrogens is 959 g/mol. The lowest BCUT2D eigenvalue weighted by Crippen LogP contribution is -2.62. The number of hydrogen-bond donors (Lipinski definition) is 11. The summed E-state index contributed by atoms with van der Waals surface area (Å²) < 4.78 is 12.0. The number of nitrogens with zero attached hydrogens (tertiary/aromatic N) is 3. The van der Waals surface area contributed by atoms with E-state index >= 15 is 0 Å². The quantitative estimate of drug-likeness (QED) is 0.0179. The van der Waals surface area contributed by atoms with E-state index in [1.54, 1.807) is 41.5 Å². The first-order valence-corrected chi connectivity index (χ1v) is 26.4. The number of hydrogen-bond acceptors (Lipinski definition) is 13. The summed E-state index contributed by atoms with van der Waals surface area (Å²) in [6.45, 7) is 13.0. The summed E-state index contributed by atoms with van der Waals surface area (Å²) in [7, 11) is 0.00758. The summed E-state index contributed by atoms with van der Waals surface area (Å²) >= 11 is 0. The summed E-state index contributed by atoms with van der Waals surface area (Å²) in [5.41, 5.74) is 11.0. The number of aliphatic hydroxyl groups excluding tert-OH is 1. The van der Waals surface area contributed by atoms with Gasteiger partial charge in [0, 0.05) is 56.4 Å². The Hall–Kier alpha value is -5.92. The fourth-order valence-electron chi connectivity index (χ4n) is 7.59. The van der Waals surface area contributed by atoms with Gasteiger partial charge in [0.25, 0.3) is 0 Å². The Bertz CT molecular complexity index is 1920. The summed E-state index contributed by atoms with van der Waals surface area (Å²) in [5, 5.41) is 31.6. The largest absolute Gasteiger partial charge is 0.391 e. The fourth-order valence-corrected chi connectivity index (χ4v) is 8.15. The van der Waals surface area contributed by atoms with Crippen LogP contribution in [0.2, 0.25) is 0 Å². The highest BCUT2D eigenvalue weighted by Crippen LogP contribution is 2.21. The van der Waals surface area contributed by atoms with Crippen molar-refractivity contribution in [2.75, 3.05) is 51.8 Å². The van der Waals surface area contributed by atoms with Gasteiger partial charge in [0.05, 0.1) is 19.2 Å². The van der Waals surface area contributed by atoms with Crippen molar-refractivity contribution >= 4 is 75.8 Å². The molecule has 0 saturated carbocycles. The van der Waals surface area contributed by atoms with E-state index in [-0.39, 0.29) is 74.6 Å². The summed E-state index contributed by atoms with van der Waals surface area (Å²) in [6, 6.07) is -8.63. The van der Waals surface area contributed by atoms with Gasteiger partial charge in [-0.25, -0.2) is 0 Å². The van der Waals surface area contributed by atoms with Gasteiger partial charge >= 0.3 is 0 Å². The number of likely N-dealkylation sites (tertiary alicyclic amines) is 1. The van der Waals surface area contributed by atoms with E-state index in [0.717, 1.165) is 4.90 Å². The van der Waals surface area contributed by atoms with Gasteiger partial charge in [-0.15, -0.1) is 0 Å². The Morgan fingerprint density at radius 2 is 1.32 bits per heavy atom. The van der Waals surface area contributed by atoms with Gasteiger partial charge in [-0.3, -0.25) is 57.1 Å². The van der Waals surface area contributed by atoms with Gasteiger partial charge in [0.2, 0.25) is 59.1 Å². The lowest BCUT2D eigenvalue weighted by Gasteiger charge is -2.31. The minimum Gasteiger partial charge on any atom is -0.391 e. The molecule has 1 aliphatic rings. The van der Waals surface area contributed by atoms with Gasteiger partial charge in [0.15, 0.2) is 5.96 Å². The minimum atomic E-state index is -1.66. The molecule has 0 radical (unpaired) electrons. The first-order valence-electron chi connectivity index (χ1n) is 24.7. The van der Waals surface area contributed by atoms with Crippen molar-refractivity contribution in [3.05, 3.63) is 0 Å². The van der Waals surface area contributed by atoms with Crippen molar-refractivity contribution in [2.45, 2.75) is 162 Å². The Labute approximate surface area is 425 Å². The van der Waals surface area contributed by atoms with E-state index in [4.69, 9.17) is 11.5 Å². The van der Waals surface area contributed by atoms with Crippen molar-refractivity contribution in [3.63, 3.8) is 0 Å². The molecular formula is C46H83N13O12S. The average Bonchev–Trinajstić information content (AvgIpc) is 3.80. The predicted molar refractivity (Wildman–Crippen MR) is 270 cm³/mol. The first kappa shape index (κ1) is 64.1. The minimum absolute atomic E-state index is 0.0175. The molecule has 1 heterocycles. The van der Waals surface area contributed by atoms with E-state index in [9.17, 15) is 57.3 Å². The third kappa shape index (κ3) is 23.1. The molecule has 1 unspecified atom stereocenters. The van der Waals surface area contributed by atoms with Crippen molar-refractivity contribution in [2.24, 2.45) is 28.3 Å². The summed E-state index contributed by atoms with van der Waals surface area (Å²) in [4.78, 5) is 140. The van der Waals surface area contributed by atoms with Crippen LogP contribution in [0.25, 0.3) is 0 Å². The van der Waals surface area contributed by atoms with Crippen molar-refractivity contribution in [1.82, 2.24) is 52.3 Å². The molecule has 410 valence electrons. The normalized spacial score (nSPS) is 16.9. The number of aliphatic hydroxyl groups is 1. The highest BCUT2D eigenvalue weighted by molar-refractivity contribution is 7.84. The number of nitrogens with one attached hydrogen (secondary N) is 8. The molecule has 13 N–H and O–H groups in total. The molecule has 0 bridgehead atoms. The van der Waals surface area contributed by atoms with E-state index < -0.39 is 119 Å². The molecule has 10 amide bonds. The van der Waals surface area contributed by atoms with Gasteiger partial charge in [0.1, 0.15) is 42.3 Å². The average molecular weight is 1040 g/mol. The molecule has 25 nitrogen and oxygen atoms in total. The van der Waals surface area contributed by atoms with E-state index in [0.29, 0.717) is 38.8 Å². The molecule has 0 aromatic rings. The zero-order valence-corrected chi connectivity index (χ0v) is 44.5. The smallest absolute Gasteiger partial charge is 0.245 e. The third-order valence-corrected chi connectivity index (χ3v) is 12.7. The van der Waals surface area contributed by atoms with Crippen LogP contribution in [-0.4, -0.2) is 184 Å². The topological polar surface area (TPSA) is 375 Å². The molecule has 0 spiro atoms. The lowest BCUT2D eigenvalue weighted by molar-refractivity contribution is -0.142. The highest BCUT2D eigenvalue weighted by Gasteiger charge is 2.40. The lowest BCUT2D eigenvalue weighted by atomic mass is 9.96. The maximum atomic E-state index is 14.2. The van der Waals surface area contributed by atoms with Crippen molar-refractivity contribution in [1.29, 1.82) is 0 Å². The number of amides is 10. The van der Waals surface area contributed by atoms with E-state index in [1.165, 1.54) is 32.1 Å². The number of likely N-dealkylation sites (N-methyl/N-ethyl adjacent to an activating group) is 2. The molecule has 26 heteroatoms. The Kier molecular flexibility index (Phi) is 29.3. The highest BCUT2D eigenvalue weighted by atomic mass is 32.2. The molecule has 1 rings (SSSR count).